The van der Waals surface area contributed by atoms with Crippen molar-refractivity contribution in [2.24, 2.45) is 0 Å². The summed E-state index contributed by atoms with van der Waals surface area (Å²) in [5.41, 5.74) is -0.979. The van der Waals surface area contributed by atoms with E-state index < -0.39 is 17.5 Å². The Labute approximate surface area is 118 Å². The van der Waals surface area contributed by atoms with Crippen LogP contribution in [-0.2, 0) is 9.53 Å². The van der Waals surface area contributed by atoms with Crippen LogP contribution in [-0.4, -0.2) is 66.1 Å². The molecule has 1 rings (SSSR count). The molecule has 0 unspecified atom stereocenters. The molecule has 0 radical (unpaired) electrons. The summed E-state index contributed by atoms with van der Waals surface area (Å²) in [5.74, 6) is -0.432. The normalized spacial score (nSPS) is 17.4. The Balaban J connectivity index is 2.77. The maximum atomic E-state index is 12.2. The van der Waals surface area contributed by atoms with Crippen LogP contribution in [0.3, 0.4) is 0 Å². The van der Waals surface area contributed by atoms with Crippen LogP contribution in [0, 0.1) is 0 Å². The zero-order valence-corrected chi connectivity index (χ0v) is 11.9. The number of carbonyl (C=O) groups is 2. The first-order chi connectivity index (χ1) is 9.59. The van der Waals surface area contributed by atoms with Gasteiger partial charge in [-0.25, -0.2) is 9.59 Å². The van der Waals surface area contributed by atoms with Gasteiger partial charge in [-0.15, -0.1) is 0 Å². The minimum Gasteiger partial charge on any atom is -0.467 e. The quantitative estimate of drug-likeness (QED) is 0.591. The summed E-state index contributed by atoms with van der Waals surface area (Å²) in [7, 11) is 1.31. The lowest BCUT2D eigenvalue weighted by Crippen LogP contribution is -2.59. The third-order valence-corrected chi connectivity index (χ3v) is 3.66. The molecular formula is C13H24N2O5. The number of aliphatic hydroxyl groups is 2. The van der Waals surface area contributed by atoms with Crippen LogP contribution in [0.5, 0.6) is 0 Å². The fraction of sp³-hybridized carbons (Fsp3) is 0.846. The van der Waals surface area contributed by atoms with Gasteiger partial charge in [0.2, 0.25) is 0 Å². The molecule has 0 aromatic rings. The average Bonchev–Trinajstić information content (AvgIpc) is 2.47. The largest absolute Gasteiger partial charge is 0.467 e. The third-order valence-electron chi connectivity index (χ3n) is 3.66. The van der Waals surface area contributed by atoms with E-state index in [1.165, 1.54) is 12.0 Å². The van der Waals surface area contributed by atoms with Crippen LogP contribution < -0.4 is 5.32 Å². The number of carbonyl (C=O) groups excluding carboxylic acids is 2. The van der Waals surface area contributed by atoms with E-state index in [2.05, 4.69) is 5.32 Å². The van der Waals surface area contributed by atoms with E-state index >= 15 is 0 Å². The second-order valence-corrected chi connectivity index (χ2v) is 5.00. The van der Waals surface area contributed by atoms with Crippen LogP contribution in [0.1, 0.15) is 32.1 Å². The van der Waals surface area contributed by atoms with Crippen molar-refractivity contribution >= 4 is 12.0 Å². The molecule has 3 N–H and O–H groups in total. The molecule has 0 bridgehead atoms. The molecule has 0 aliphatic heterocycles. The van der Waals surface area contributed by atoms with Gasteiger partial charge in [0, 0.05) is 13.1 Å². The highest BCUT2D eigenvalue weighted by molar-refractivity contribution is 5.87. The number of aliphatic hydroxyl groups excluding tert-OH is 2. The van der Waals surface area contributed by atoms with Gasteiger partial charge in [-0.1, -0.05) is 19.3 Å². The Kier molecular flexibility index (Phi) is 6.74. The molecule has 7 heteroatoms. The molecule has 0 atom stereocenters. The number of esters is 1. The van der Waals surface area contributed by atoms with Crippen LogP contribution >= 0.6 is 0 Å². The summed E-state index contributed by atoms with van der Waals surface area (Å²) in [6.45, 7) is -0.162. The van der Waals surface area contributed by atoms with Crippen molar-refractivity contribution in [3.8, 4) is 0 Å². The van der Waals surface area contributed by atoms with E-state index in [4.69, 9.17) is 14.9 Å². The fourth-order valence-electron chi connectivity index (χ4n) is 2.57. The Hall–Kier alpha value is -1.34. The minimum absolute atomic E-state index is 0.115. The molecule has 1 aliphatic rings. The predicted molar refractivity (Wildman–Crippen MR) is 72.1 cm³/mol. The van der Waals surface area contributed by atoms with Gasteiger partial charge in [0.15, 0.2) is 0 Å². The Morgan fingerprint density at radius 1 is 1.15 bits per heavy atom. The molecule has 0 spiro atoms. The maximum absolute atomic E-state index is 12.2. The second kappa shape index (κ2) is 8.06. The zero-order valence-electron chi connectivity index (χ0n) is 11.9. The average molecular weight is 288 g/mol. The lowest BCUT2D eigenvalue weighted by Gasteiger charge is -2.37. The molecule has 1 fully saturated rings. The Morgan fingerprint density at radius 3 is 2.15 bits per heavy atom. The summed E-state index contributed by atoms with van der Waals surface area (Å²) in [6, 6.07) is -0.458. The number of nitrogens with one attached hydrogen (secondary N) is 1. The number of nitrogens with zero attached hydrogens (tertiary/aromatic N) is 1. The summed E-state index contributed by atoms with van der Waals surface area (Å²) in [4.78, 5) is 25.5. The number of hydrogen-bond donors (Lipinski definition) is 3. The highest BCUT2D eigenvalue weighted by atomic mass is 16.5. The van der Waals surface area contributed by atoms with Gasteiger partial charge in [0.25, 0.3) is 0 Å². The summed E-state index contributed by atoms with van der Waals surface area (Å²) < 4.78 is 4.82. The molecular weight excluding hydrogens is 264 g/mol. The number of amides is 2. The molecule has 1 saturated carbocycles. The van der Waals surface area contributed by atoms with Gasteiger partial charge in [-0.3, -0.25) is 0 Å². The van der Waals surface area contributed by atoms with E-state index in [9.17, 15) is 9.59 Å². The van der Waals surface area contributed by atoms with Crippen LogP contribution in [0.15, 0.2) is 0 Å². The molecule has 0 aromatic heterocycles. The molecule has 20 heavy (non-hydrogen) atoms. The minimum atomic E-state index is -0.979. The van der Waals surface area contributed by atoms with Gasteiger partial charge in [-0.05, 0) is 12.8 Å². The molecule has 0 aromatic carbocycles. The van der Waals surface area contributed by atoms with Crippen molar-refractivity contribution in [3.63, 3.8) is 0 Å². The van der Waals surface area contributed by atoms with Gasteiger partial charge < -0.3 is 25.2 Å². The highest BCUT2D eigenvalue weighted by Crippen LogP contribution is 2.29. The summed E-state index contributed by atoms with van der Waals surface area (Å²) in [6.07, 6.45) is 3.85. The Bertz CT molecular complexity index is 323. The van der Waals surface area contributed by atoms with E-state index in [0.717, 1.165) is 19.3 Å². The van der Waals surface area contributed by atoms with Crippen LogP contribution in [0.25, 0.3) is 0 Å². The van der Waals surface area contributed by atoms with Crippen molar-refractivity contribution in [1.29, 1.82) is 0 Å². The van der Waals surface area contributed by atoms with Gasteiger partial charge in [-0.2, -0.15) is 0 Å². The van der Waals surface area contributed by atoms with E-state index in [1.807, 2.05) is 0 Å². The molecule has 2 amide bonds. The maximum Gasteiger partial charge on any atom is 0.331 e. The third kappa shape index (κ3) is 4.08. The predicted octanol–water partition coefficient (Wildman–Crippen LogP) is -0.142. The second-order valence-electron chi connectivity index (χ2n) is 5.00. The van der Waals surface area contributed by atoms with Crippen molar-refractivity contribution in [1.82, 2.24) is 10.2 Å². The van der Waals surface area contributed by atoms with E-state index in [-0.39, 0.29) is 26.3 Å². The van der Waals surface area contributed by atoms with Gasteiger partial charge in [0.05, 0.1) is 20.3 Å². The van der Waals surface area contributed by atoms with Gasteiger partial charge in [0.1, 0.15) is 5.54 Å². The number of hydrogen-bond acceptors (Lipinski definition) is 5. The number of urea groups is 1. The van der Waals surface area contributed by atoms with E-state index in [0.29, 0.717) is 12.8 Å². The SMILES string of the molecule is COC(=O)C1(NC(=O)N(CCO)CCO)CCCCC1. The molecule has 0 saturated heterocycles. The molecule has 7 nitrogen and oxygen atoms in total. The van der Waals surface area contributed by atoms with Crippen LogP contribution in [0.4, 0.5) is 4.79 Å². The summed E-state index contributed by atoms with van der Waals surface area (Å²) in [5, 5.41) is 20.6. The first-order valence-electron chi connectivity index (χ1n) is 6.97. The number of rotatable bonds is 6. The van der Waals surface area contributed by atoms with Crippen molar-refractivity contribution in [3.05, 3.63) is 0 Å². The van der Waals surface area contributed by atoms with Crippen molar-refractivity contribution in [2.75, 3.05) is 33.4 Å². The first-order valence-corrected chi connectivity index (χ1v) is 6.97. The molecule has 0 heterocycles. The zero-order chi connectivity index (χ0) is 15.0. The topological polar surface area (TPSA) is 99.1 Å². The van der Waals surface area contributed by atoms with E-state index in [1.54, 1.807) is 0 Å². The lowest BCUT2D eigenvalue weighted by atomic mass is 9.81. The monoisotopic (exact) mass is 288 g/mol. The Morgan fingerprint density at radius 2 is 1.70 bits per heavy atom. The van der Waals surface area contributed by atoms with Crippen LogP contribution in [0.2, 0.25) is 0 Å². The van der Waals surface area contributed by atoms with Crippen molar-refractivity contribution < 1.29 is 24.5 Å². The fourth-order valence-corrected chi connectivity index (χ4v) is 2.57. The molecule has 1 aliphatic carbocycles. The van der Waals surface area contributed by atoms with Gasteiger partial charge >= 0.3 is 12.0 Å². The summed E-state index contributed by atoms with van der Waals surface area (Å²) >= 11 is 0. The lowest BCUT2D eigenvalue weighted by molar-refractivity contribution is -0.149. The number of ether oxygens (including phenoxy) is 1. The smallest absolute Gasteiger partial charge is 0.331 e. The molecule has 116 valence electrons. The van der Waals surface area contributed by atoms with Crippen molar-refractivity contribution in [2.45, 2.75) is 37.6 Å². The standard InChI is InChI=1S/C13H24N2O5/c1-20-11(18)13(5-3-2-4-6-13)14-12(19)15(7-9-16)8-10-17/h16-17H,2-10H2,1H3,(H,14,19). The first kappa shape index (κ1) is 16.7. The highest BCUT2D eigenvalue weighted by Gasteiger charge is 2.42. The number of methoxy groups -OCH3 is 1.